The number of nitrogens with zero attached hydrogens (tertiary/aromatic N) is 1. The lowest BCUT2D eigenvalue weighted by atomic mass is 9.45. The predicted molar refractivity (Wildman–Crippen MR) is 125 cm³/mol. The van der Waals surface area contributed by atoms with E-state index < -0.39 is 0 Å². The molecule has 2 aliphatic rings. The average Bonchev–Trinajstić information content (AvgIpc) is 2.72. The van der Waals surface area contributed by atoms with Gasteiger partial charge >= 0.3 is 0 Å². The fourth-order valence-electron chi connectivity index (χ4n) is 6.89. The van der Waals surface area contributed by atoms with Gasteiger partial charge in [0.05, 0.1) is 5.69 Å². The molecule has 1 aromatic carbocycles. The van der Waals surface area contributed by atoms with Gasteiger partial charge in [-0.3, -0.25) is 9.78 Å². The van der Waals surface area contributed by atoms with E-state index >= 15 is 0 Å². The number of aromatic hydroxyl groups is 2. The first-order valence-electron chi connectivity index (χ1n) is 11.8. The Bertz CT molecular complexity index is 954. The van der Waals surface area contributed by atoms with Crippen molar-refractivity contribution in [3.05, 3.63) is 53.9 Å². The Morgan fingerprint density at radius 2 is 1.84 bits per heavy atom. The first-order valence-corrected chi connectivity index (χ1v) is 11.8. The van der Waals surface area contributed by atoms with Crippen LogP contribution in [0, 0.1) is 28.6 Å². The number of carbonyl (C=O) groups excluding carboxylic acids is 1. The van der Waals surface area contributed by atoms with E-state index in [9.17, 15) is 15.0 Å². The highest BCUT2D eigenvalue weighted by molar-refractivity contribution is 5.99. The van der Waals surface area contributed by atoms with E-state index in [1.54, 1.807) is 0 Å². The number of rotatable bonds is 5. The number of phenols is 2. The zero-order chi connectivity index (χ0) is 23.1. The number of phenolic OH excluding ortho intramolecular Hbond substituents is 2. The van der Waals surface area contributed by atoms with Gasteiger partial charge in [-0.15, -0.1) is 0 Å². The number of Topliss-reactive ketones (excluding diaryl/α,β-unsaturated/α-hetero) is 1. The molecule has 3 N–H and O–H groups in total. The number of benzene rings is 1. The average molecular weight is 437 g/mol. The summed E-state index contributed by atoms with van der Waals surface area (Å²) < 4.78 is 0. The molecule has 0 saturated heterocycles. The summed E-state index contributed by atoms with van der Waals surface area (Å²) >= 11 is 0. The van der Waals surface area contributed by atoms with E-state index in [2.05, 4.69) is 38.0 Å². The number of hydrogen-bond donors (Lipinski definition) is 3. The highest BCUT2D eigenvalue weighted by Crippen LogP contribution is 2.61. The minimum atomic E-state index is -0.191. The van der Waals surface area contributed by atoms with Gasteiger partial charge in [0.2, 0.25) is 0 Å². The molecule has 0 aliphatic heterocycles. The molecule has 1 aromatic heterocycles. The third-order valence-electron chi connectivity index (χ3n) is 8.38. The van der Waals surface area contributed by atoms with Crippen LogP contribution < -0.4 is 5.32 Å². The van der Waals surface area contributed by atoms with Crippen LogP contribution in [0.15, 0.2) is 42.6 Å². The highest BCUT2D eigenvalue weighted by Gasteiger charge is 2.58. The Morgan fingerprint density at radius 3 is 2.50 bits per heavy atom. The van der Waals surface area contributed by atoms with E-state index in [4.69, 9.17) is 0 Å². The van der Waals surface area contributed by atoms with Crippen LogP contribution in [0.2, 0.25) is 0 Å². The molecule has 2 fully saturated rings. The molecule has 4 rings (SSSR count). The largest absolute Gasteiger partial charge is 0.508 e. The van der Waals surface area contributed by atoms with Gasteiger partial charge in [0.25, 0.3) is 0 Å². The van der Waals surface area contributed by atoms with Crippen molar-refractivity contribution in [1.82, 2.24) is 10.3 Å². The van der Waals surface area contributed by atoms with E-state index in [0.29, 0.717) is 18.0 Å². The maximum atomic E-state index is 13.9. The van der Waals surface area contributed by atoms with E-state index in [0.717, 1.165) is 25.0 Å². The number of fused-ring (bicyclic) bond motifs is 1. The van der Waals surface area contributed by atoms with Crippen molar-refractivity contribution < 1.29 is 15.0 Å². The number of hydrogen-bond acceptors (Lipinski definition) is 5. The van der Waals surface area contributed by atoms with Crippen LogP contribution >= 0.6 is 0 Å². The molecule has 32 heavy (non-hydrogen) atoms. The maximum Gasteiger partial charge on any atom is 0.167 e. The Morgan fingerprint density at radius 1 is 1.12 bits per heavy atom. The van der Waals surface area contributed by atoms with Crippen molar-refractivity contribution in [3.8, 4) is 11.5 Å². The third-order valence-corrected chi connectivity index (χ3v) is 8.38. The van der Waals surface area contributed by atoms with Crippen LogP contribution in [0.5, 0.6) is 11.5 Å². The summed E-state index contributed by atoms with van der Waals surface area (Å²) in [6, 6.07) is 10.4. The summed E-state index contributed by atoms with van der Waals surface area (Å²) in [5.74, 6) is 0.202. The second-order valence-corrected chi connectivity index (χ2v) is 10.9. The van der Waals surface area contributed by atoms with Gasteiger partial charge in [-0.1, -0.05) is 40.2 Å². The predicted octanol–water partition coefficient (Wildman–Crippen LogP) is 5.32. The molecular formula is C27H36N2O3. The van der Waals surface area contributed by atoms with Gasteiger partial charge in [-0.25, -0.2) is 0 Å². The van der Waals surface area contributed by atoms with Crippen molar-refractivity contribution in [2.75, 3.05) is 0 Å². The van der Waals surface area contributed by atoms with Crippen LogP contribution in [0.4, 0.5) is 0 Å². The van der Waals surface area contributed by atoms with Crippen molar-refractivity contribution in [2.45, 2.75) is 66.0 Å². The lowest BCUT2D eigenvalue weighted by Gasteiger charge is -2.60. The zero-order valence-electron chi connectivity index (χ0n) is 19.6. The van der Waals surface area contributed by atoms with E-state index in [-0.39, 0.29) is 46.0 Å². The number of carbonyl (C=O) groups is 1. The van der Waals surface area contributed by atoms with Crippen molar-refractivity contribution in [1.29, 1.82) is 0 Å². The fourth-order valence-corrected chi connectivity index (χ4v) is 6.89. The number of aromatic nitrogens is 1. The molecule has 5 nitrogen and oxygen atoms in total. The normalized spacial score (nSPS) is 31.6. The molecule has 2 aromatic rings. The van der Waals surface area contributed by atoms with Gasteiger partial charge in [-0.2, -0.15) is 0 Å². The lowest BCUT2D eigenvalue weighted by molar-refractivity contribution is -0.0917. The highest BCUT2D eigenvalue weighted by atomic mass is 16.3. The minimum absolute atomic E-state index is 0.0261. The van der Waals surface area contributed by atoms with E-state index in [1.807, 2.05) is 24.4 Å². The summed E-state index contributed by atoms with van der Waals surface area (Å²) in [7, 11) is 0. The van der Waals surface area contributed by atoms with E-state index in [1.165, 1.54) is 24.6 Å². The molecular weight excluding hydrogens is 400 g/mol. The summed E-state index contributed by atoms with van der Waals surface area (Å²) in [5, 5.41) is 23.8. The minimum Gasteiger partial charge on any atom is -0.508 e. The van der Waals surface area contributed by atoms with Crippen molar-refractivity contribution in [3.63, 3.8) is 0 Å². The zero-order valence-corrected chi connectivity index (χ0v) is 19.6. The van der Waals surface area contributed by atoms with Crippen LogP contribution in [-0.2, 0) is 6.54 Å². The molecule has 172 valence electrons. The van der Waals surface area contributed by atoms with Crippen molar-refractivity contribution >= 4 is 5.78 Å². The molecule has 2 aliphatic carbocycles. The second kappa shape index (κ2) is 8.51. The maximum absolute atomic E-state index is 13.9. The Balaban J connectivity index is 1.69. The van der Waals surface area contributed by atoms with Crippen LogP contribution in [0.1, 0.15) is 69.4 Å². The first-order chi connectivity index (χ1) is 15.1. The number of ketones is 1. The third kappa shape index (κ3) is 4.15. The Kier molecular flexibility index (Phi) is 6.06. The molecule has 0 unspecified atom stereocenters. The van der Waals surface area contributed by atoms with Gasteiger partial charge in [0.15, 0.2) is 5.78 Å². The van der Waals surface area contributed by atoms with Crippen LogP contribution in [0.3, 0.4) is 0 Å². The Labute approximate surface area is 191 Å². The molecule has 2 saturated carbocycles. The molecule has 5 atom stereocenters. The molecule has 0 radical (unpaired) electrons. The molecule has 0 amide bonds. The molecule has 0 bridgehead atoms. The molecule has 1 heterocycles. The lowest BCUT2D eigenvalue weighted by Crippen LogP contribution is -2.60. The van der Waals surface area contributed by atoms with Crippen LogP contribution in [0.25, 0.3) is 0 Å². The van der Waals surface area contributed by atoms with Gasteiger partial charge in [0, 0.05) is 36.3 Å². The van der Waals surface area contributed by atoms with Gasteiger partial charge in [-0.05, 0) is 66.2 Å². The SMILES string of the molecule is C[C@@H]1[C@H](NCc2ccccn2)C[C@H]2C(C)(C)CCC[C@@]2(C)[C@H]1C(=O)c1cc(O)cc(O)c1. The van der Waals surface area contributed by atoms with Gasteiger partial charge in [0.1, 0.15) is 11.5 Å². The molecule has 0 spiro atoms. The summed E-state index contributed by atoms with van der Waals surface area (Å²) in [6.07, 6.45) is 6.16. The summed E-state index contributed by atoms with van der Waals surface area (Å²) in [4.78, 5) is 18.4. The second-order valence-electron chi connectivity index (χ2n) is 10.9. The first kappa shape index (κ1) is 22.8. The fraction of sp³-hybridized carbons (Fsp3) is 0.556. The smallest absolute Gasteiger partial charge is 0.167 e. The Hall–Kier alpha value is -2.40. The van der Waals surface area contributed by atoms with Crippen molar-refractivity contribution in [2.24, 2.45) is 28.6 Å². The topological polar surface area (TPSA) is 82.5 Å². The monoisotopic (exact) mass is 436 g/mol. The number of nitrogens with one attached hydrogen (secondary N) is 1. The summed E-state index contributed by atoms with van der Waals surface area (Å²) in [5.41, 5.74) is 1.42. The molecule has 5 heteroatoms. The van der Waals surface area contributed by atoms with Crippen LogP contribution in [-0.4, -0.2) is 27.0 Å². The quantitative estimate of drug-likeness (QED) is 0.553. The van der Waals surface area contributed by atoms with Gasteiger partial charge < -0.3 is 15.5 Å². The summed E-state index contributed by atoms with van der Waals surface area (Å²) in [6.45, 7) is 9.86. The standard InChI is InChI=1S/C27H36N2O3/c1-17-22(29-16-19-8-5-6-11-28-19)15-23-26(2,3)9-7-10-27(23,4)24(17)25(32)18-12-20(30)14-21(31)13-18/h5-6,8,11-14,17,22-24,29-31H,7,9-10,15-16H2,1-4H3/t17-,22-,23+,24-,27-/m1/s1. The number of pyridine rings is 1.